The number of nitrogens with zero attached hydrogens (tertiary/aromatic N) is 2. The van der Waals surface area contributed by atoms with Crippen molar-refractivity contribution in [2.45, 2.75) is 52.0 Å². The summed E-state index contributed by atoms with van der Waals surface area (Å²) in [5.41, 5.74) is 0. The highest BCUT2D eigenvalue weighted by atomic mass is 15.1. The maximum absolute atomic E-state index is 8.98. The Hall–Kier alpha value is -0.550. The van der Waals surface area contributed by atoms with Crippen LogP contribution < -0.4 is 0 Å². The first-order chi connectivity index (χ1) is 8.67. The van der Waals surface area contributed by atoms with Gasteiger partial charge in [0.15, 0.2) is 0 Å². The minimum atomic E-state index is 0.516. The lowest BCUT2D eigenvalue weighted by Gasteiger charge is -2.55. The van der Waals surface area contributed by atoms with Crippen LogP contribution in [0.2, 0.25) is 0 Å². The molecule has 0 amide bonds. The molecular weight excluding hydrogens is 220 g/mol. The SMILES string of the molecule is CC(C)N(CC#N)CC1C2CC3CC(C2)CC1C3. The Morgan fingerprint density at radius 2 is 1.61 bits per heavy atom. The number of hydrogen-bond donors (Lipinski definition) is 0. The van der Waals surface area contributed by atoms with Gasteiger partial charge in [0.1, 0.15) is 0 Å². The first-order valence-electron chi connectivity index (χ1n) is 7.78. The second-order valence-corrected chi connectivity index (χ2v) is 7.28. The van der Waals surface area contributed by atoms with Crippen molar-refractivity contribution in [3.63, 3.8) is 0 Å². The molecule has 0 atom stereocenters. The first-order valence-corrected chi connectivity index (χ1v) is 7.78. The van der Waals surface area contributed by atoms with E-state index < -0.39 is 0 Å². The Bertz CT molecular complexity index is 313. The van der Waals surface area contributed by atoms with Gasteiger partial charge in [0.05, 0.1) is 12.6 Å². The zero-order valence-corrected chi connectivity index (χ0v) is 11.8. The van der Waals surface area contributed by atoms with Crippen LogP contribution in [0.15, 0.2) is 0 Å². The summed E-state index contributed by atoms with van der Waals surface area (Å²) in [7, 11) is 0. The number of nitriles is 1. The molecule has 100 valence electrons. The number of hydrogen-bond acceptors (Lipinski definition) is 2. The van der Waals surface area contributed by atoms with Crippen LogP contribution in [0.3, 0.4) is 0 Å². The van der Waals surface area contributed by atoms with E-state index in [1.165, 1.54) is 38.6 Å². The molecule has 0 N–H and O–H groups in total. The Morgan fingerprint density at radius 1 is 1.06 bits per heavy atom. The van der Waals surface area contributed by atoms with Crippen LogP contribution >= 0.6 is 0 Å². The van der Waals surface area contributed by atoms with Crippen molar-refractivity contribution in [2.24, 2.45) is 29.6 Å². The molecular formula is C16H26N2. The third-order valence-electron chi connectivity index (χ3n) is 5.87. The van der Waals surface area contributed by atoms with Crippen LogP contribution in [0, 0.1) is 40.9 Å². The van der Waals surface area contributed by atoms with E-state index in [-0.39, 0.29) is 0 Å². The fourth-order valence-corrected chi connectivity index (χ4v) is 5.16. The molecule has 4 saturated carbocycles. The van der Waals surface area contributed by atoms with Crippen molar-refractivity contribution in [2.75, 3.05) is 13.1 Å². The Kier molecular flexibility index (Phi) is 3.36. The summed E-state index contributed by atoms with van der Waals surface area (Å²) in [6, 6.07) is 2.86. The predicted molar refractivity (Wildman–Crippen MR) is 72.9 cm³/mol. The molecule has 4 bridgehead atoms. The van der Waals surface area contributed by atoms with Crippen LogP contribution in [0.5, 0.6) is 0 Å². The van der Waals surface area contributed by atoms with E-state index in [0.717, 1.165) is 29.6 Å². The molecule has 2 heteroatoms. The van der Waals surface area contributed by atoms with Crippen molar-refractivity contribution < 1.29 is 0 Å². The summed E-state index contributed by atoms with van der Waals surface area (Å²) >= 11 is 0. The van der Waals surface area contributed by atoms with Gasteiger partial charge in [0.25, 0.3) is 0 Å². The highest BCUT2D eigenvalue weighted by Crippen LogP contribution is 2.56. The van der Waals surface area contributed by atoms with E-state index in [1.54, 1.807) is 0 Å². The van der Waals surface area contributed by atoms with Gasteiger partial charge < -0.3 is 0 Å². The highest BCUT2D eigenvalue weighted by molar-refractivity contribution is 4.99. The topological polar surface area (TPSA) is 27.0 Å². The highest BCUT2D eigenvalue weighted by Gasteiger charge is 2.48. The van der Waals surface area contributed by atoms with Crippen molar-refractivity contribution in [3.05, 3.63) is 0 Å². The quantitative estimate of drug-likeness (QED) is 0.712. The second-order valence-electron chi connectivity index (χ2n) is 7.28. The Labute approximate surface area is 111 Å². The van der Waals surface area contributed by atoms with Gasteiger partial charge in [-0.05, 0) is 75.5 Å². The smallest absolute Gasteiger partial charge is 0.0868 e. The molecule has 0 aromatic rings. The molecule has 4 aliphatic rings. The maximum Gasteiger partial charge on any atom is 0.0868 e. The molecule has 0 aliphatic heterocycles. The van der Waals surface area contributed by atoms with E-state index in [4.69, 9.17) is 5.26 Å². The van der Waals surface area contributed by atoms with Gasteiger partial charge in [-0.25, -0.2) is 0 Å². The third-order valence-corrected chi connectivity index (χ3v) is 5.87. The maximum atomic E-state index is 8.98. The molecule has 0 radical (unpaired) electrons. The van der Waals surface area contributed by atoms with E-state index in [0.29, 0.717) is 12.6 Å². The molecule has 4 fully saturated rings. The minimum Gasteiger partial charge on any atom is -0.288 e. The number of rotatable bonds is 4. The normalized spacial score (nSPS) is 41.6. The first kappa shape index (κ1) is 12.5. The van der Waals surface area contributed by atoms with Crippen LogP contribution in [-0.2, 0) is 0 Å². The summed E-state index contributed by atoms with van der Waals surface area (Å²) in [5, 5.41) is 8.98. The molecule has 0 aromatic carbocycles. The standard InChI is InChI=1S/C16H26N2/c1-11(2)18(4-3-17)10-16-14-6-12-5-13(8-14)9-15(16)7-12/h11-16H,4-10H2,1-2H3. The molecule has 0 unspecified atom stereocenters. The van der Waals surface area contributed by atoms with Gasteiger partial charge >= 0.3 is 0 Å². The van der Waals surface area contributed by atoms with Crippen molar-refractivity contribution in [1.29, 1.82) is 5.26 Å². The average molecular weight is 246 g/mol. The Balaban J connectivity index is 1.67. The van der Waals surface area contributed by atoms with Gasteiger partial charge in [-0.2, -0.15) is 5.26 Å². The molecule has 18 heavy (non-hydrogen) atoms. The molecule has 2 nitrogen and oxygen atoms in total. The van der Waals surface area contributed by atoms with E-state index >= 15 is 0 Å². The fourth-order valence-electron chi connectivity index (χ4n) is 5.16. The third kappa shape index (κ3) is 2.18. The molecule has 0 aromatic heterocycles. The fraction of sp³-hybridized carbons (Fsp3) is 0.938. The van der Waals surface area contributed by atoms with Gasteiger partial charge in [-0.1, -0.05) is 0 Å². The zero-order valence-electron chi connectivity index (χ0n) is 11.8. The molecule has 0 saturated heterocycles. The molecule has 0 heterocycles. The predicted octanol–water partition coefficient (Wildman–Crippen LogP) is 3.29. The Morgan fingerprint density at radius 3 is 2.06 bits per heavy atom. The van der Waals surface area contributed by atoms with Crippen LogP contribution in [0.4, 0.5) is 0 Å². The average Bonchev–Trinajstić information content (AvgIpc) is 2.31. The van der Waals surface area contributed by atoms with Crippen LogP contribution in [0.1, 0.15) is 46.0 Å². The lowest BCUT2D eigenvalue weighted by molar-refractivity contribution is -0.0506. The second kappa shape index (κ2) is 4.85. The van der Waals surface area contributed by atoms with Crippen LogP contribution in [-0.4, -0.2) is 24.0 Å². The molecule has 4 aliphatic carbocycles. The van der Waals surface area contributed by atoms with Gasteiger partial charge in [0, 0.05) is 12.6 Å². The van der Waals surface area contributed by atoms with Crippen molar-refractivity contribution >= 4 is 0 Å². The van der Waals surface area contributed by atoms with Crippen molar-refractivity contribution in [1.82, 2.24) is 4.90 Å². The van der Waals surface area contributed by atoms with E-state index in [9.17, 15) is 0 Å². The lowest BCUT2D eigenvalue weighted by Crippen LogP contribution is -2.50. The van der Waals surface area contributed by atoms with Gasteiger partial charge in [-0.3, -0.25) is 4.90 Å². The minimum absolute atomic E-state index is 0.516. The van der Waals surface area contributed by atoms with E-state index in [2.05, 4.69) is 24.8 Å². The summed E-state index contributed by atoms with van der Waals surface area (Å²) < 4.78 is 0. The summed E-state index contributed by atoms with van der Waals surface area (Å²) in [5.74, 6) is 5.00. The van der Waals surface area contributed by atoms with Crippen molar-refractivity contribution in [3.8, 4) is 6.07 Å². The molecule has 0 spiro atoms. The lowest BCUT2D eigenvalue weighted by atomic mass is 9.52. The van der Waals surface area contributed by atoms with Gasteiger partial charge in [-0.15, -0.1) is 0 Å². The van der Waals surface area contributed by atoms with Gasteiger partial charge in [0.2, 0.25) is 0 Å². The van der Waals surface area contributed by atoms with E-state index in [1.807, 2.05) is 0 Å². The monoisotopic (exact) mass is 246 g/mol. The largest absolute Gasteiger partial charge is 0.288 e. The molecule has 4 rings (SSSR count). The summed E-state index contributed by atoms with van der Waals surface area (Å²) in [6.07, 6.45) is 7.52. The summed E-state index contributed by atoms with van der Waals surface area (Å²) in [6.45, 7) is 6.25. The zero-order chi connectivity index (χ0) is 12.7. The van der Waals surface area contributed by atoms with Crippen LogP contribution in [0.25, 0.3) is 0 Å². The summed E-state index contributed by atoms with van der Waals surface area (Å²) in [4.78, 5) is 2.40.